The predicted octanol–water partition coefficient (Wildman–Crippen LogP) is 7.91. The van der Waals surface area contributed by atoms with Crippen LogP contribution in [0.1, 0.15) is 34.0 Å². The van der Waals surface area contributed by atoms with E-state index >= 15 is 0 Å². The summed E-state index contributed by atoms with van der Waals surface area (Å²) in [5.41, 5.74) is 6.00. The fourth-order valence-electron chi connectivity index (χ4n) is 4.67. The van der Waals surface area contributed by atoms with Gasteiger partial charge in [-0.05, 0) is 78.6 Å². The van der Waals surface area contributed by atoms with Gasteiger partial charge in [-0.25, -0.2) is 9.78 Å². The molecule has 0 aliphatic carbocycles. The first-order valence-electron chi connectivity index (χ1n) is 13.3. The van der Waals surface area contributed by atoms with Crippen LogP contribution in [0.25, 0.3) is 22.2 Å². The minimum atomic E-state index is -0.577. The number of nitrogens with zero attached hydrogens (tertiary/aromatic N) is 1. The molecule has 6 nitrogen and oxygen atoms in total. The topological polar surface area (TPSA) is 77.5 Å². The Labute approximate surface area is 247 Å². The van der Waals surface area contributed by atoms with Crippen LogP contribution in [0.2, 0.25) is 0 Å². The molecular weight excluding hydrogens is 580 g/mol. The number of carbonyl (C=O) groups excluding carboxylic acids is 2. The van der Waals surface area contributed by atoms with Crippen molar-refractivity contribution in [1.29, 1.82) is 0 Å². The van der Waals surface area contributed by atoms with Crippen LogP contribution < -0.4 is 10.1 Å². The Morgan fingerprint density at radius 3 is 2.39 bits per heavy atom. The van der Waals surface area contributed by atoms with Gasteiger partial charge in [0.25, 0.3) is 5.91 Å². The number of amides is 1. The standard InChI is InChI=1S/C34H29BrN2O4/c1-3-24-19-26(35)15-18-29(24)36-31(38)21-41-34(39)32-22(2)33(37-30-12-8-7-11-28(30)32)25-13-16-27(17-14-25)40-20-23-9-5-4-6-10-23/h4-19H,3,20-21H2,1-2H3,(H,36,38). The average Bonchev–Trinajstić information content (AvgIpc) is 3.00. The summed E-state index contributed by atoms with van der Waals surface area (Å²) in [6, 6.07) is 30.7. The molecule has 1 amide bonds. The van der Waals surface area contributed by atoms with E-state index in [0.717, 1.165) is 33.3 Å². The molecule has 0 aliphatic heterocycles. The summed E-state index contributed by atoms with van der Waals surface area (Å²) in [6.07, 6.45) is 0.750. The molecule has 0 saturated carbocycles. The highest BCUT2D eigenvalue weighted by Gasteiger charge is 2.21. The molecule has 0 spiro atoms. The Kier molecular flexibility index (Phi) is 8.75. The van der Waals surface area contributed by atoms with E-state index in [2.05, 4.69) is 21.2 Å². The summed E-state index contributed by atoms with van der Waals surface area (Å²) >= 11 is 3.45. The molecule has 0 unspecified atom stereocenters. The van der Waals surface area contributed by atoms with Crippen LogP contribution in [0, 0.1) is 6.92 Å². The molecule has 41 heavy (non-hydrogen) atoms. The maximum atomic E-state index is 13.4. The summed E-state index contributed by atoms with van der Waals surface area (Å²) in [5.74, 6) is -0.247. The monoisotopic (exact) mass is 608 g/mol. The molecule has 7 heteroatoms. The number of nitrogens with one attached hydrogen (secondary N) is 1. The molecule has 0 bridgehead atoms. The number of hydrogen-bond donors (Lipinski definition) is 1. The van der Waals surface area contributed by atoms with Gasteiger partial charge in [-0.2, -0.15) is 0 Å². The van der Waals surface area contributed by atoms with Gasteiger partial charge in [0.05, 0.1) is 16.8 Å². The van der Waals surface area contributed by atoms with Crippen LogP contribution in [0.5, 0.6) is 5.75 Å². The Balaban J connectivity index is 1.35. The van der Waals surface area contributed by atoms with Crippen LogP contribution in [0.4, 0.5) is 5.69 Å². The van der Waals surface area contributed by atoms with Gasteiger partial charge in [-0.3, -0.25) is 4.79 Å². The second-order valence-corrected chi connectivity index (χ2v) is 10.5. The van der Waals surface area contributed by atoms with Gasteiger partial charge in [0.2, 0.25) is 0 Å². The van der Waals surface area contributed by atoms with Gasteiger partial charge >= 0.3 is 5.97 Å². The van der Waals surface area contributed by atoms with Crippen molar-refractivity contribution in [3.63, 3.8) is 0 Å². The maximum absolute atomic E-state index is 13.4. The zero-order valence-electron chi connectivity index (χ0n) is 22.8. The number of pyridine rings is 1. The van der Waals surface area contributed by atoms with Crippen LogP contribution in [-0.4, -0.2) is 23.5 Å². The van der Waals surface area contributed by atoms with E-state index in [9.17, 15) is 9.59 Å². The van der Waals surface area contributed by atoms with Crippen LogP contribution in [0.3, 0.4) is 0 Å². The lowest BCUT2D eigenvalue weighted by Crippen LogP contribution is -2.22. The summed E-state index contributed by atoms with van der Waals surface area (Å²) in [4.78, 5) is 31.0. The Hall–Kier alpha value is -4.49. The van der Waals surface area contributed by atoms with Crippen LogP contribution in [0.15, 0.2) is 102 Å². The number of rotatable bonds is 9. The van der Waals surface area contributed by atoms with Crippen molar-refractivity contribution in [2.75, 3.05) is 11.9 Å². The number of benzene rings is 4. The van der Waals surface area contributed by atoms with E-state index in [1.165, 1.54) is 0 Å². The van der Waals surface area contributed by atoms with Gasteiger partial charge in [0, 0.05) is 21.1 Å². The van der Waals surface area contributed by atoms with Crippen molar-refractivity contribution in [1.82, 2.24) is 4.98 Å². The van der Waals surface area contributed by atoms with Crippen molar-refractivity contribution < 1.29 is 19.1 Å². The van der Waals surface area contributed by atoms with E-state index in [1.807, 2.05) is 111 Å². The highest BCUT2D eigenvalue weighted by molar-refractivity contribution is 9.10. The summed E-state index contributed by atoms with van der Waals surface area (Å²) in [6.45, 7) is 3.92. The van der Waals surface area contributed by atoms with Crippen molar-refractivity contribution in [3.8, 4) is 17.0 Å². The highest BCUT2D eigenvalue weighted by atomic mass is 79.9. The quantitative estimate of drug-likeness (QED) is 0.172. The van der Waals surface area contributed by atoms with Gasteiger partial charge in [0.1, 0.15) is 12.4 Å². The molecule has 1 heterocycles. The van der Waals surface area contributed by atoms with Gasteiger partial charge in [0.15, 0.2) is 6.61 Å². The van der Waals surface area contributed by atoms with E-state index in [0.29, 0.717) is 40.0 Å². The van der Waals surface area contributed by atoms with Crippen molar-refractivity contribution in [2.24, 2.45) is 0 Å². The molecule has 0 saturated heterocycles. The molecular formula is C34H29BrN2O4. The third-order valence-electron chi connectivity index (χ3n) is 6.77. The molecule has 4 aromatic carbocycles. The number of anilines is 1. The summed E-state index contributed by atoms with van der Waals surface area (Å²) in [7, 11) is 0. The smallest absolute Gasteiger partial charge is 0.339 e. The lowest BCUT2D eigenvalue weighted by Gasteiger charge is -2.15. The van der Waals surface area contributed by atoms with E-state index in [-0.39, 0.29) is 0 Å². The first kappa shape index (κ1) is 28.1. The van der Waals surface area contributed by atoms with E-state index < -0.39 is 18.5 Å². The number of fused-ring (bicyclic) bond motifs is 1. The molecule has 5 aromatic rings. The van der Waals surface area contributed by atoms with E-state index in [1.54, 1.807) is 0 Å². The molecule has 0 radical (unpaired) electrons. The molecule has 0 fully saturated rings. The minimum absolute atomic E-state index is 0.390. The van der Waals surface area contributed by atoms with Crippen molar-refractivity contribution in [2.45, 2.75) is 26.9 Å². The molecule has 0 aliphatic rings. The minimum Gasteiger partial charge on any atom is -0.489 e. The van der Waals surface area contributed by atoms with Crippen LogP contribution >= 0.6 is 15.9 Å². The third kappa shape index (κ3) is 6.64. The fraction of sp³-hybridized carbons (Fsp3) is 0.147. The molecule has 5 rings (SSSR count). The zero-order valence-corrected chi connectivity index (χ0v) is 24.4. The summed E-state index contributed by atoms with van der Waals surface area (Å²) in [5, 5.41) is 3.52. The number of carbonyl (C=O) groups is 2. The molecule has 1 N–H and O–H groups in total. The lowest BCUT2D eigenvalue weighted by molar-refractivity contribution is -0.119. The van der Waals surface area contributed by atoms with Crippen molar-refractivity contribution >= 4 is 44.4 Å². The first-order valence-corrected chi connectivity index (χ1v) is 14.1. The maximum Gasteiger partial charge on any atom is 0.339 e. The number of para-hydroxylation sites is 1. The first-order chi connectivity index (χ1) is 19.9. The Bertz CT molecular complexity index is 1700. The number of ether oxygens (including phenoxy) is 2. The highest BCUT2D eigenvalue weighted by Crippen LogP contribution is 2.31. The predicted molar refractivity (Wildman–Crippen MR) is 165 cm³/mol. The second kappa shape index (κ2) is 12.8. The number of aryl methyl sites for hydroxylation is 1. The normalized spacial score (nSPS) is 10.8. The van der Waals surface area contributed by atoms with E-state index in [4.69, 9.17) is 14.5 Å². The number of halogens is 1. The fourth-order valence-corrected chi connectivity index (χ4v) is 5.08. The van der Waals surface area contributed by atoms with Gasteiger partial charge in [-0.15, -0.1) is 0 Å². The Morgan fingerprint density at radius 1 is 0.902 bits per heavy atom. The largest absolute Gasteiger partial charge is 0.489 e. The van der Waals surface area contributed by atoms with Crippen LogP contribution in [-0.2, 0) is 22.6 Å². The third-order valence-corrected chi connectivity index (χ3v) is 7.27. The average molecular weight is 610 g/mol. The molecule has 1 aromatic heterocycles. The molecule has 0 atom stereocenters. The molecule has 206 valence electrons. The number of hydrogen-bond acceptors (Lipinski definition) is 5. The zero-order chi connectivity index (χ0) is 28.8. The summed E-state index contributed by atoms with van der Waals surface area (Å²) < 4.78 is 12.4. The van der Waals surface area contributed by atoms with Crippen molar-refractivity contribution in [3.05, 3.63) is 124 Å². The SMILES string of the molecule is CCc1cc(Br)ccc1NC(=O)COC(=O)c1c(C)c(-c2ccc(OCc3ccccc3)cc2)nc2ccccc12. The second-order valence-electron chi connectivity index (χ2n) is 9.56. The van der Waals surface area contributed by atoms with Gasteiger partial charge < -0.3 is 14.8 Å². The van der Waals surface area contributed by atoms with Gasteiger partial charge in [-0.1, -0.05) is 71.4 Å². The lowest BCUT2D eigenvalue weighted by atomic mass is 9.97. The number of esters is 1. The Morgan fingerprint density at radius 2 is 1.63 bits per heavy atom. The number of aromatic nitrogens is 1.